The van der Waals surface area contributed by atoms with Gasteiger partial charge in [-0.25, -0.2) is 0 Å². The molecule has 0 aliphatic rings. The van der Waals surface area contributed by atoms with Crippen LogP contribution in [0.15, 0.2) is 41.4 Å². The molecule has 12 heteroatoms. The van der Waals surface area contributed by atoms with Gasteiger partial charge in [0.15, 0.2) is 13.1 Å². The predicted octanol–water partition coefficient (Wildman–Crippen LogP) is 6.03. The molecular weight excluding hydrogens is 541 g/mol. The lowest BCUT2D eigenvalue weighted by Crippen LogP contribution is -2.08. The van der Waals surface area contributed by atoms with Crippen LogP contribution in [-0.2, 0) is 12.8 Å². The van der Waals surface area contributed by atoms with Gasteiger partial charge < -0.3 is 19.5 Å². The molecule has 0 unspecified atom stereocenters. The van der Waals surface area contributed by atoms with E-state index in [1.165, 1.54) is 28.9 Å². The average Bonchev–Trinajstić information content (AvgIpc) is 3.56. The normalized spacial score (nSPS) is 11.2. The van der Waals surface area contributed by atoms with Crippen molar-refractivity contribution in [1.29, 1.82) is 0 Å². The van der Waals surface area contributed by atoms with E-state index in [-0.39, 0.29) is 0 Å². The topological polar surface area (TPSA) is 104 Å². The molecule has 0 saturated carbocycles. The highest BCUT2D eigenvalue weighted by Crippen LogP contribution is 2.25. The largest absolute Gasteiger partial charge is 0.496 e. The van der Waals surface area contributed by atoms with E-state index in [1.54, 1.807) is 18.4 Å². The Hall–Kier alpha value is -3.22. The van der Waals surface area contributed by atoms with Gasteiger partial charge in [0.2, 0.25) is 10.3 Å². The molecule has 0 aliphatic carbocycles. The van der Waals surface area contributed by atoms with Crippen molar-refractivity contribution in [2.45, 2.75) is 33.6 Å². The van der Waals surface area contributed by atoms with Crippen LogP contribution in [0.4, 0.5) is 10.3 Å². The molecule has 200 valence electrons. The highest BCUT2D eigenvalue weighted by atomic mass is 32.2. The van der Waals surface area contributed by atoms with Gasteiger partial charge in [0.25, 0.3) is 0 Å². The Labute approximate surface area is 234 Å². The Kier molecular flexibility index (Phi) is 10.3. The summed E-state index contributed by atoms with van der Waals surface area (Å²) in [5.74, 6) is 4.21. The van der Waals surface area contributed by atoms with Crippen molar-refractivity contribution in [1.82, 2.24) is 20.4 Å². The minimum absolute atomic E-state index is 0.307. The van der Waals surface area contributed by atoms with Crippen LogP contribution in [0, 0.1) is 20.8 Å². The molecule has 2 aromatic carbocycles. The SMILES string of the molecule is COc1cc(OCNc2nnc(CCSCCc3nnc(N=COc4ccc(C)c(C)c4)s3)s2)ccc1C. The molecule has 9 nitrogen and oxygen atoms in total. The van der Waals surface area contributed by atoms with Crippen molar-refractivity contribution in [2.24, 2.45) is 4.99 Å². The van der Waals surface area contributed by atoms with Gasteiger partial charge in [-0.3, -0.25) is 0 Å². The fourth-order valence-electron chi connectivity index (χ4n) is 3.24. The summed E-state index contributed by atoms with van der Waals surface area (Å²) in [7, 11) is 1.65. The number of hydrogen-bond acceptors (Lipinski definition) is 12. The third kappa shape index (κ3) is 8.40. The smallest absolute Gasteiger partial charge is 0.234 e. The minimum atomic E-state index is 0.307. The number of aromatic nitrogens is 4. The van der Waals surface area contributed by atoms with Crippen molar-refractivity contribution in [3.63, 3.8) is 0 Å². The van der Waals surface area contributed by atoms with Crippen LogP contribution in [0.3, 0.4) is 0 Å². The Morgan fingerprint density at radius 3 is 2.39 bits per heavy atom. The third-order valence-electron chi connectivity index (χ3n) is 5.52. The second-order valence-electron chi connectivity index (χ2n) is 8.29. The first-order valence-electron chi connectivity index (χ1n) is 12.0. The fourth-order valence-corrected chi connectivity index (χ4v) is 5.77. The maximum Gasteiger partial charge on any atom is 0.234 e. The number of benzene rings is 2. The van der Waals surface area contributed by atoms with Crippen molar-refractivity contribution >= 4 is 51.1 Å². The molecule has 38 heavy (non-hydrogen) atoms. The van der Waals surface area contributed by atoms with Crippen LogP contribution < -0.4 is 19.5 Å². The summed E-state index contributed by atoms with van der Waals surface area (Å²) in [6, 6.07) is 11.7. The molecule has 1 N–H and O–H groups in total. The van der Waals surface area contributed by atoms with Gasteiger partial charge in [0, 0.05) is 18.9 Å². The van der Waals surface area contributed by atoms with Gasteiger partial charge in [-0.2, -0.15) is 16.8 Å². The molecule has 4 aromatic rings. The van der Waals surface area contributed by atoms with Gasteiger partial charge in [-0.15, -0.1) is 20.4 Å². The molecule has 2 heterocycles. The zero-order valence-electron chi connectivity index (χ0n) is 21.8. The number of anilines is 1. The molecule has 0 atom stereocenters. The summed E-state index contributed by atoms with van der Waals surface area (Å²) in [6.45, 7) is 6.43. The van der Waals surface area contributed by atoms with Crippen LogP contribution in [0.25, 0.3) is 0 Å². The summed E-state index contributed by atoms with van der Waals surface area (Å²) in [4.78, 5) is 4.27. The first kappa shape index (κ1) is 27.8. The summed E-state index contributed by atoms with van der Waals surface area (Å²) in [5.41, 5.74) is 3.48. The lowest BCUT2D eigenvalue weighted by Gasteiger charge is -2.09. The number of ether oxygens (including phenoxy) is 3. The number of nitrogens with one attached hydrogen (secondary N) is 1. The van der Waals surface area contributed by atoms with Crippen molar-refractivity contribution in [2.75, 3.05) is 30.7 Å². The van der Waals surface area contributed by atoms with Gasteiger partial charge >= 0.3 is 0 Å². The minimum Gasteiger partial charge on any atom is -0.496 e. The highest BCUT2D eigenvalue weighted by molar-refractivity contribution is 7.99. The molecule has 0 saturated heterocycles. The zero-order chi connectivity index (χ0) is 26.7. The van der Waals surface area contributed by atoms with E-state index in [9.17, 15) is 0 Å². The van der Waals surface area contributed by atoms with Crippen molar-refractivity contribution in [3.05, 3.63) is 63.1 Å². The molecule has 2 aromatic heterocycles. The number of thioether (sulfide) groups is 1. The van der Waals surface area contributed by atoms with Gasteiger partial charge in [0.1, 0.15) is 27.3 Å². The summed E-state index contributed by atoms with van der Waals surface area (Å²) >= 11 is 4.88. The average molecular weight is 571 g/mol. The van der Waals surface area contributed by atoms with E-state index >= 15 is 0 Å². The van der Waals surface area contributed by atoms with Crippen LogP contribution in [0.2, 0.25) is 0 Å². The first-order chi connectivity index (χ1) is 18.5. The van der Waals surface area contributed by atoms with E-state index in [0.717, 1.165) is 62.3 Å². The Bertz CT molecular complexity index is 1360. The van der Waals surface area contributed by atoms with Gasteiger partial charge in [-0.1, -0.05) is 34.8 Å². The molecule has 0 bridgehead atoms. The van der Waals surface area contributed by atoms with Crippen LogP contribution >= 0.6 is 34.4 Å². The van der Waals surface area contributed by atoms with E-state index in [2.05, 4.69) is 44.6 Å². The summed E-state index contributed by atoms with van der Waals surface area (Å²) in [5, 5.41) is 23.3. The van der Waals surface area contributed by atoms with E-state index in [0.29, 0.717) is 11.9 Å². The Morgan fingerprint density at radius 2 is 1.61 bits per heavy atom. The number of nitrogens with zero attached hydrogens (tertiary/aromatic N) is 5. The van der Waals surface area contributed by atoms with E-state index < -0.39 is 0 Å². The number of methoxy groups -OCH3 is 1. The van der Waals surface area contributed by atoms with Crippen LogP contribution in [-0.4, -0.2) is 52.1 Å². The maximum atomic E-state index is 5.74. The molecule has 0 spiro atoms. The second kappa shape index (κ2) is 14.1. The van der Waals surface area contributed by atoms with Gasteiger partial charge in [0.05, 0.1) is 7.11 Å². The predicted molar refractivity (Wildman–Crippen MR) is 156 cm³/mol. The van der Waals surface area contributed by atoms with Crippen molar-refractivity contribution < 1.29 is 14.2 Å². The zero-order valence-corrected chi connectivity index (χ0v) is 24.2. The number of rotatable bonds is 14. The number of aliphatic imine (C=N–C) groups is 1. The maximum absolute atomic E-state index is 5.74. The lowest BCUT2D eigenvalue weighted by atomic mass is 10.1. The third-order valence-corrected chi connectivity index (χ3v) is 8.33. The molecule has 0 radical (unpaired) electrons. The number of hydrogen-bond donors (Lipinski definition) is 1. The molecular formula is C26H30N6O3S3. The molecule has 0 amide bonds. The van der Waals surface area contributed by atoms with Crippen molar-refractivity contribution in [3.8, 4) is 17.2 Å². The monoisotopic (exact) mass is 570 g/mol. The highest BCUT2D eigenvalue weighted by Gasteiger charge is 2.07. The quantitative estimate of drug-likeness (QED) is 0.0842. The van der Waals surface area contributed by atoms with Crippen LogP contribution in [0.5, 0.6) is 17.2 Å². The summed E-state index contributed by atoms with van der Waals surface area (Å²) < 4.78 is 16.7. The summed E-state index contributed by atoms with van der Waals surface area (Å²) in [6.07, 6.45) is 3.13. The second-order valence-corrected chi connectivity index (χ2v) is 11.6. The Balaban J connectivity index is 1.10. The van der Waals surface area contributed by atoms with Crippen LogP contribution in [0.1, 0.15) is 26.7 Å². The first-order valence-corrected chi connectivity index (χ1v) is 14.8. The lowest BCUT2D eigenvalue weighted by molar-refractivity contribution is 0.341. The standard InChI is InChI=1S/C26H30N6O3S3/c1-17-5-7-20(13-19(17)3)34-15-27-25-31-29-23(37-25)9-11-36-12-10-24-30-32-26(38-24)28-16-35-21-8-6-18(2)22(14-21)33-4/h5-8,13-15H,9-12,16H2,1-4H3,(H,28,32). The Morgan fingerprint density at radius 1 is 0.868 bits per heavy atom. The van der Waals surface area contributed by atoms with Gasteiger partial charge in [-0.05, 0) is 67.2 Å². The molecule has 4 rings (SSSR count). The van der Waals surface area contributed by atoms with E-state index in [4.69, 9.17) is 14.2 Å². The molecule has 0 aliphatic heterocycles. The van der Waals surface area contributed by atoms with E-state index in [1.807, 2.05) is 55.1 Å². The fraction of sp³-hybridized carbons (Fsp3) is 0.346. The number of aryl methyl sites for hydroxylation is 5. The molecule has 0 fully saturated rings.